The third kappa shape index (κ3) is 8.09. The van der Waals surface area contributed by atoms with Crippen LogP contribution in [0.4, 0.5) is 23.7 Å². The number of hydrogen-bond donors (Lipinski definition) is 3. The molecule has 3 atom stereocenters. The van der Waals surface area contributed by atoms with E-state index in [2.05, 4.69) is 10.6 Å². The van der Waals surface area contributed by atoms with Crippen LogP contribution in [0.2, 0.25) is 0 Å². The highest BCUT2D eigenvalue weighted by Gasteiger charge is 2.34. The molecule has 0 radical (unpaired) electrons. The first-order valence-corrected chi connectivity index (χ1v) is 12.9. The smallest absolute Gasteiger partial charge is 0.416 e. The third-order valence-electron chi connectivity index (χ3n) is 6.57. The largest absolute Gasteiger partial charge is 0.488 e. The quantitative estimate of drug-likeness (QED) is 0.447. The van der Waals surface area contributed by atoms with E-state index in [0.717, 1.165) is 17.7 Å². The zero-order valence-electron chi connectivity index (χ0n) is 22.9. The number of hydrogen-bond acceptors (Lipinski definition) is 5. The van der Waals surface area contributed by atoms with Crippen molar-refractivity contribution in [1.29, 1.82) is 0 Å². The van der Waals surface area contributed by atoms with Gasteiger partial charge in [0.2, 0.25) is 0 Å². The molecule has 0 fully saturated rings. The molecule has 2 aromatic rings. The molecule has 2 aromatic carbocycles. The Hall–Kier alpha value is -3.31. The molecule has 1 heterocycles. The number of carbonyl (C=O) groups is 2. The molecule has 3 rings (SSSR count). The second kappa shape index (κ2) is 12.7. The minimum Gasteiger partial charge on any atom is -0.488 e. The van der Waals surface area contributed by atoms with Crippen LogP contribution in [0.5, 0.6) is 5.75 Å². The van der Waals surface area contributed by atoms with Crippen molar-refractivity contribution in [3.8, 4) is 5.75 Å². The van der Waals surface area contributed by atoms with Gasteiger partial charge in [-0.25, -0.2) is 4.79 Å². The number of amides is 3. The molecule has 1 aliphatic heterocycles. The summed E-state index contributed by atoms with van der Waals surface area (Å²) in [4.78, 5) is 29.3. The van der Waals surface area contributed by atoms with Gasteiger partial charge in [0, 0.05) is 37.3 Å². The maximum absolute atomic E-state index is 13.5. The normalized spacial score (nSPS) is 18.7. The van der Waals surface area contributed by atoms with Crippen molar-refractivity contribution in [2.45, 2.75) is 58.6 Å². The van der Waals surface area contributed by atoms with Gasteiger partial charge in [0.05, 0.1) is 23.8 Å². The van der Waals surface area contributed by atoms with Gasteiger partial charge in [-0.1, -0.05) is 19.1 Å². The first-order chi connectivity index (χ1) is 18.3. The number of anilines is 1. The van der Waals surface area contributed by atoms with Crippen LogP contribution in [0, 0.1) is 5.92 Å². The molecule has 8 nitrogen and oxygen atoms in total. The van der Waals surface area contributed by atoms with Crippen LogP contribution >= 0.6 is 0 Å². The van der Waals surface area contributed by atoms with Crippen LogP contribution in [-0.2, 0) is 12.7 Å². The van der Waals surface area contributed by atoms with Gasteiger partial charge in [-0.3, -0.25) is 9.69 Å². The molecule has 0 spiro atoms. The minimum atomic E-state index is -4.39. The van der Waals surface area contributed by atoms with Crippen molar-refractivity contribution >= 4 is 17.6 Å². The highest BCUT2D eigenvalue weighted by atomic mass is 19.4. The van der Waals surface area contributed by atoms with Crippen LogP contribution in [0.3, 0.4) is 0 Å². The maximum atomic E-state index is 13.5. The number of ether oxygens (including phenoxy) is 1. The number of benzene rings is 2. The summed E-state index contributed by atoms with van der Waals surface area (Å²) in [6, 6.07) is 9.01. The number of nitrogens with one attached hydrogen (secondary N) is 2. The summed E-state index contributed by atoms with van der Waals surface area (Å²) in [6.07, 6.45) is -4.75. The lowest BCUT2D eigenvalue weighted by Gasteiger charge is -2.38. The molecule has 0 aliphatic carbocycles. The lowest BCUT2D eigenvalue weighted by Crippen LogP contribution is -2.49. The van der Waals surface area contributed by atoms with Crippen molar-refractivity contribution < 1.29 is 32.6 Å². The Morgan fingerprint density at radius 1 is 1.18 bits per heavy atom. The fourth-order valence-electron chi connectivity index (χ4n) is 4.43. The lowest BCUT2D eigenvalue weighted by molar-refractivity contribution is -0.137. The summed E-state index contributed by atoms with van der Waals surface area (Å²) in [6.45, 7) is 8.33. The molecule has 0 bridgehead atoms. The number of aliphatic hydroxyl groups excluding tert-OH is 1. The van der Waals surface area contributed by atoms with Gasteiger partial charge >= 0.3 is 12.2 Å². The molecule has 0 saturated heterocycles. The highest BCUT2D eigenvalue weighted by Crippen LogP contribution is 2.31. The van der Waals surface area contributed by atoms with E-state index in [-0.39, 0.29) is 36.1 Å². The van der Waals surface area contributed by atoms with Crippen LogP contribution in [0.25, 0.3) is 0 Å². The predicted octanol–water partition coefficient (Wildman–Crippen LogP) is 4.59. The van der Waals surface area contributed by atoms with E-state index in [1.807, 2.05) is 32.7 Å². The fourth-order valence-corrected chi connectivity index (χ4v) is 4.43. The SMILES string of the molecule is CC(C)NC(=O)Nc1ccc2c(c1)C(=O)N([C@H](C)CO)C[C@H](C)[C@@H](CN(C)Cc1ccc(C(F)(F)F)cc1)O2. The molecular formula is C28H37F3N4O4. The average molecular weight is 551 g/mol. The monoisotopic (exact) mass is 550 g/mol. The number of alkyl halides is 3. The van der Waals surface area contributed by atoms with E-state index in [1.54, 1.807) is 30.0 Å². The Labute approximate surface area is 227 Å². The molecule has 39 heavy (non-hydrogen) atoms. The van der Waals surface area contributed by atoms with Crippen molar-refractivity contribution in [3.63, 3.8) is 0 Å². The Morgan fingerprint density at radius 3 is 2.44 bits per heavy atom. The first kappa shape index (κ1) is 30.2. The van der Waals surface area contributed by atoms with Crippen molar-refractivity contribution in [2.24, 2.45) is 5.92 Å². The number of aliphatic hydroxyl groups is 1. The van der Waals surface area contributed by atoms with E-state index in [4.69, 9.17) is 4.74 Å². The first-order valence-electron chi connectivity index (χ1n) is 12.9. The van der Waals surface area contributed by atoms with Crippen molar-refractivity contribution in [1.82, 2.24) is 15.1 Å². The summed E-state index contributed by atoms with van der Waals surface area (Å²) in [5, 5.41) is 15.3. The minimum absolute atomic E-state index is 0.0676. The van der Waals surface area contributed by atoms with Crippen molar-refractivity contribution in [3.05, 3.63) is 59.2 Å². The van der Waals surface area contributed by atoms with Crippen LogP contribution in [0.15, 0.2) is 42.5 Å². The number of likely N-dealkylation sites (N-methyl/N-ethyl adjacent to an activating group) is 1. The summed E-state index contributed by atoms with van der Waals surface area (Å²) < 4.78 is 45.1. The number of rotatable bonds is 8. The topological polar surface area (TPSA) is 94.1 Å². The van der Waals surface area contributed by atoms with Gasteiger partial charge in [0.1, 0.15) is 11.9 Å². The molecule has 0 aromatic heterocycles. The van der Waals surface area contributed by atoms with Gasteiger partial charge in [0.15, 0.2) is 0 Å². The Bertz CT molecular complexity index is 1140. The Kier molecular flexibility index (Phi) is 9.84. The predicted molar refractivity (Wildman–Crippen MR) is 143 cm³/mol. The van der Waals surface area contributed by atoms with E-state index >= 15 is 0 Å². The summed E-state index contributed by atoms with van der Waals surface area (Å²) in [7, 11) is 1.85. The third-order valence-corrected chi connectivity index (χ3v) is 6.57. The van der Waals surface area contributed by atoms with Gasteiger partial charge < -0.3 is 25.4 Å². The molecule has 1 aliphatic rings. The fraction of sp³-hybridized carbons (Fsp3) is 0.500. The van der Waals surface area contributed by atoms with E-state index in [1.165, 1.54) is 12.1 Å². The van der Waals surface area contributed by atoms with Gasteiger partial charge in [0.25, 0.3) is 5.91 Å². The van der Waals surface area contributed by atoms with Gasteiger partial charge in [-0.15, -0.1) is 0 Å². The Balaban J connectivity index is 1.83. The van der Waals surface area contributed by atoms with E-state index in [0.29, 0.717) is 31.1 Å². The maximum Gasteiger partial charge on any atom is 0.416 e. The number of urea groups is 1. The van der Waals surface area contributed by atoms with E-state index < -0.39 is 23.8 Å². The molecule has 11 heteroatoms. The second-order valence-electron chi connectivity index (χ2n) is 10.5. The standard InChI is InChI=1S/C28H37F3N4O4/c1-17(2)32-27(38)33-22-10-11-24-23(12-22)26(37)35(19(4)16-36)13-18(3)25(39-24)15-34(5)14-20-6-8-21(9-7-20)28(29,30)31/h6-12,17-19,25,36H,13-16H2,1-5H3,(H2,32,33,38)/t18-,19+,25+/m0/s1. The molecule has 3 amide bonds. The van der Waals surface area contributed by atoms with E-state index in [9.17, 15) is 27.9 Å². The van der Waals surface area contributed by atoms with Gasteiger partial charge in [-0.05, 0) is 63.7 Å². The zero-order chi connectivity index (χ0) is 28.9. The lowest BCUT2D eigenvalue weighted by atomic mass is 9.99. The molecule has 0 unspecified atom stereocenters. The molecular weight excluding hydrogens is 513 g/mol. The summed E-state index contributed by atoms with van der Waals surface area (Å²) in [5.41, 5.74) is 0.719. The Morgan fingerprint density at radius 2 is 1.85 bits per heavy atom. The number of nitrogens with zero attached hydrogens (tertiary/aromatic N) is 2. The van der Waals surface area contributed by atoms with Gasteiger partial charge in [-0.2, -0.15) is 13.2 Å². The van der Waals surface area contributed by atoms with Crippen LogP contribution < -0.4 is 15.4 Å². The molecule has 214 valence electrons. The average Bonchev–Trinajstić information content (AvgIpc) is 2.85. The second-order valence-corrected chi connectivity index (χ2v) is 10.5. The molecule has 3 N–H and O–H groups in total. The summed E-state index contributed by atoms with van der Waals surface area (Å²) in [5.74, 6) is -0.0897. The van der Waals surface area contributed by atoms with Crippen molar-refractivity contribution in [2.75, 3.05) is 32.1 Å². The summed E-state index contributed by atoms with van der Waals surface area (Å²) >= 11 is 0. The molecule has 0 saturated carbocycles. The number of carbonyl (C=O) groups excluding carboxylic acids is 2. The number of halogens is 3. The zero-order valence-corrected chi connectivity index (χ0v) is 22.9. The highest BCUT2D eigenvalue weighted by molar-refractivity contribution is 5.99. The number of fused-ring (bicyclic) bond motifs is 1. The van der Waals surface area contributed by atoms with Crippen LogP contribution in [-0.4, -0.2) is 71.8 Å². The van der Waals surface area contributed by atoms with Crippen LogP contribution in [0.1, 0.15) is 49.2 Å².